The first-order valence-corrected chi connectivity index (χ1v) is 7.68. The van der Waals surface area contributed by atoms with E-state index in [1.165, 1.54) is 25.7 Å². The van der Waals surface area contributed by atoms with E-state index in [9.17, 15) is 0 Å². The molecule has 0 aromatic carbocycles. The third-order valence-electron chi connectivity index (χ3n) is 3.22. The van der Waals surface area contributed by atoms with Gasteiger partial charge in [0.05, 0.1) is 0 Å². The Morgan fingerprint density at radius 3 is 2.80 bits per heavy atom. The van der Waals surface area contributed by atoms with Crippen LogP contribution >= 0.6 is 0 Å². The third-order valence-corrected chi connectivity index (χ3v) is 3.22. The molecule has 1 aromatic rings. The van der Waals surface area contributed by atoms with Crippen molar-refractivity contribution in [3.05, 3.63) is 18.5 Å². The quantitative estimate of drug-likeness (QED) is 0.414. The van der Waals surface area contributed by atoms with Crippen molar-refractivity contribution in [2.45, 2.75) is 46.1 Å². The second-order valence-corrected chi connectivity index (χ2v) is 5.27. The minimum atomic E-state index is 0.508. The van der Waals surface area contributed by atoms with E-state index < -0.39 is 0 Å². The Hall–Kier alpha value is -1.52. The average Bonchev–Trinajstić information content (AvgIpc) is 2.94. The van der Waals surface area contributed by atoms with Crippen molar-refractivity contribution in [2.24, 2.45) is 10.9 Å². The molecule has 5 nitrogen and oxygen atoms in total. The van der Waals surface area contributed by atoms with Crippen molar-refractivity contribution >= 4 is 5.96 Å². The number of unbranched alkanes of at least 4 members (excludes halogenated alkanes) is 3. The summed E-state index contributed by atoms with van der Waals surface area (Å²) in [5.41, 5.74) is 0. The van der Waals surface area contributed by atoms with Crippen molar-refractivity contribution in [1.29, 1.82) is 0 Å². The van der Waals surface area contributed by atoms with Crippen molar-refractivity contribution < 1.29 is 0 Å². The molecule has 20 heavy (non-hydrogen) atoms. The Morgan fingerprint density at radius 2 is 2.15 bits per heavy atom. The summed E-state index contributed by atoms with van der Waals surface area (Å²) < 4.78 is 1.97. The van der Waals surface area contributed by atoms with E-state index in [4.69, 9.17) is 0 Å². The lowest BCUT2D eigenvalue weighted by Gasteiger charge is -2.16. The van der Waals surface area contributed by atoms with Gasteiger partial charge in [-0.15, -0.1) is 0 Å². The minimum absolute atomic E-state index is 0.508. The number of nitrogens with zero attached hydrogens (tertiary/aromatic N) is 3. The number of aliphatic imine (C=N–C) groups is 1. The highest BCUT2D eigenvalue weighted by Crippen LogP contribution is 1.98. The highest BCUT2D eigenvalue weighted by molar-refractivity contribution is 5.79. The summed E-state index contributed by atoms with van der Waals surface area (Å²) in [6.45, 7) is 7.26. The largest absolute Gasteiger partial charge is 0.356 e. The van der Waals surface area contributed by atoms with Gasteiger partial charge in [-0.2, -0.15) is 5.10 Å². The molecule has 114 valence electrons. The summed E-state index contributed by atoms with van der Waals surface area (Å²) in [7, 11) is 1.82. The van der Waals surface area contributed by atoms with Gasteiger partial charge in [0.1, 0.15) is 0 Å². The van der Waals surface area contributed by atoms with Crippen molar-refractivity contribution in [2.75, 3.05) is 20.1 Å². The van der Waals surface area contributed by atoms with E-state index in [2.05, 4.69) is 34.6 Å². The van der Waals surface area contributed by atoms with Gasteiger partial charge >= 0.3 is 0 Å². The second kappa shape index (κ2) is 10.3. The molecule has 0 bridgehead atoms. The van der Waals surface area contributed by atoms with Crippen molar-refractivity contribution in [1.82, 2.24) is 20.4 Å². The topological polar surface area (TPSA) is 54.2 Å². The molecular weight excluding hydrogens is 250 g/mol. The van der Waals surface area contributed by atoms with Gasteiger partial charge in [-0.25, -0.2) is 0 Å². The van der Waals surface area contributed by atoms with Gasteiger partial charge in [0.25, 0.3) is 0 Å². The average molecular weight is 279 g/mol. The first-order valence-electron chi connectivity index (χ1n) is 7.68. The van der Waals surface area contributed by atoms with Crippen LogP contribution in [-0.4, -0.2) is 35.9 Å². The Bertz CT molecular complexity index is 358. The fourth-order valence-corrected chi connectivity index (χ4v) is 2.04. The van der Waals surface area contributed by atoms with Crippen LogP contribution in [0.25, 0.3) is 0 Å². The molecule has 0 aliphatic heterocycles. The molecule has 1 rings (SSSR count). The van der Waals surface area contributed by atoms with E-state index in [0.717, 1.165) is 25.6 Å². The van der Waals surface area contributed by atoms with Crippen molar-refractivity contribution in [3.8, 4) is 0 Å². The Labute approximate surface area is 122 Å². The van der Waals surface area contributed by atoms with Crippen LogP contribution in [-0.2, 0) is 6.54 Å². The third kappa shape index (κ3) is 7.16. The standard InChI is InChI=1S/C15H29N5/c1-4-5-6-7-9-17-15(16-3)18-12-14(2)13-20-11-8-10-19-20/h8,10-11,14H,4-7,9,12-13H2,1-3H3,(H2,16,17,18). The van der Waals surface area contributed by atoms with Crippen LogP contribution < -0.4 is 10.6 Å². The highest BCUT2D eigenvalue weighted by atomic mass is 15.3. The van der Waals surface area contributed by atoms with Crippen LogP contribution in [0.4, 0.5) is 0 Å². The monoisotopic (exact) mass is 279 g/mol. The van der Waals surface area contributed by atoms with E-state index in [1.807, 2.05) is 30.2 Å². The number of rotatable bonds is 9. The second-order valence-electron chi connectivity index (χ2n) is 5.27. The van der Waals surface area contributed by atoms with E-state index in [1.54, 1.807) is 0 Å². The van der Waals surface area contributed by atoms with Crippen LogP contribution in [0.1, 0.15) is 39.5 Å². The van der Waals surface area contributed by atoms with Gasteiger partial charge in [0, 0.05) is 39.1 Å². The number of nitrogens with one attached hydrogen (secondary N) is 2. The summed E-state index contributed by atoms with van der Waals surface area (Å²) in [4.78, 5) is 4.25. The molecule has 1 atom stereocenters. The molecule has 0 spiro atoms. The maximum Gasteiger partial charge on any atom is 0.190 e. The summed E-state index contributed by atoms with van der Waals surface area (Å²) in [5, 5.41) is 11.0. The van der Waals surface area contributed by atoms with Gasteiger partial charge in [0.2, 0.25) is 0 Å². The molecule has 5 heteroatoms. The molecule has 0 saturated carbocycles. The fraction of sp³-hybridized carbons (Fsp3) is 0.733. The first-order chi connectivity index (χ1) is 9.76. The normalized spacial score (nSPS) is 13.2. The van der Waals surface area contributed by atoms with Crippen molar-refractivity contribution in [3.63, 3.8) is 0 Å². The van der Waals surface area contributed by atoms with Gasteiger partial charge in [0.15, 0.2) is 5.96 Å². The zero-order valence-corrected chi connectivity index (χ0v) is 13.1. The molecule has 0 saturated heterocycles. The van der Waals surface area contributed by atoms with Crippen LogP contribution in [0.15, 0.2) is 23.5 Å². The molecule has 0 fully saturated rings. The van der Waals surface area contributed by atoms with E-state index in [-0.39, 0.29) is 0 Å². The molecule has 0 radical (unpaired) electrons. The molecule has 0 aliphatic rings. The van der Waals surface area contributed by atoms with Gasteiger partial charge in [-0.05, 0) is 18.4 Å². The Morgan fingerprint density at radius 1 is 1.30 bits per heavy atom. The SMILES string of the molecule is CCCCCCNC(=NC)NCC(C)Cn1cccn1. The van der Waals surface area contributed by atoms with E-state index >= 15 is 0 Å². The molecule has 0 aliphatic carbocycles. The van der Waals surface area contributed by atoms with Crippen LogP contribution in [0, 0.1) is 5.92 Å². The Kier molecular flexibility index (Phi) is 8.51. The lowest BCUT2D eigenvalue weighted by Crippen LogP contribution is -2.40. The zero-order valence-electron chi connectivity index (χ0n) is 13.1. The molecule has 2 N–H and O–H groups in total. The molecular formula is C15H29N5. The zero-order chi connectivity index (χ0) is 14.6. The molecule has 0 amide bonds. The minimum Gasteiger partial charge on any atom is -0.356 e. The number of guanidine groups is 1. The number of aromatic nitrogens is 2. The van der Waals surface area contributed by atoms with Gasteiger partial charge in [-0.3, -0.25) is 9.67 Å². The summed E-state index contributed by atoms with van der Waals surface area (Å²) in [6, 6.07) is 1.96. The fourth-order valence-electron chi connectivity index (χ4n) is 2.04. The van der Waals surface area contributed by atoms with Crippen LogP contribution in [0.3, 0.4) is 0 Å². The molecule has 1 aromatic heterocycles. The summed E-state index contributed by atoms with van der Waals surface area (Å²) in [6.07, 6.45) is 8.90. The Balaban J connectivity index is 2.14. The number of hydrogen-bond acceptors (Lipinski definition) is 2. The van der Waals surface area contributed by atoms with Gasteiger partial charge < -0.3 is 10.6 Å². The van der Waals surface area contributed by atoms with Crippen LogP contribution in [0.2, 0.25) is 0 Å². The first kappa shape index (κ1) is 16.5. The maximum absolute atomic E-state index is 4.25. The molecule has 1 unspecified atom stereocenters. The lowest BCUT2D eigenvalue weighted by molar-refractivity contribution is 0.443. The highest BCUT2D eigenvalue weighted by Gasteiger charge is 2.04. The predicted molar refractivity (Wildman–Crippen MR) is 84.9 cm³/mol. The summed E-state index contributed by atoms with van der Waals surface area (Å²) in [5.74, 6) is 1.40. The maximum atomic E-state index is 4.25. The summed E-state index contributed by atoms with van der Waals surface area (Å²) >= 11 is 0. The lowest BCUT2D eigenvalue weighted by atomic mass is 10.2. The van der Waals surface area contributed by atoms with Gasteiger partial charge in [-0.1, -0.05) is 33.1 Å². The van der Waals surface area contributed by atoms with Crippen LogP contribution in [0.5, 0.6) is 0 Å². The smallest absolute Gasteiger partial charge is 0.190 e. The molecule has 1 heterocycles. The predicted octanol–water partition coefficient (Wildman–Crippen LogP) is 2.26. The van der Waals surface area contributed by atoms with E-state index in [0.29, 0.717) is 5.92 Å². The number of hydrogen-bond donors (Lipinski definition) is 2.